The van der Waals surface area contributed by atoms with Crippen molar-refractivity contribution >= 4 is 33.7 Å². The van der Waals surface area contributed by atoms with Crippen LogP contribution < -0.4 is 5.56 Å². The van der Waals surface area contributed by atoms with E-state index in [4.69, 9.17) is 0 Å². The predicted octanol–water partition coefficient (Wildman–Crippen LogP) is 3.66. The van der Waals surface area contributed by atoms with Crippen molar-refractivity contribution in [1.82, 2.24) is 24.6 Å². The number of carbonyl (C=O) groups is 1. The second-order valence-electron chi connectivity index (χ2n) is 9.23. The lowest BCUT2D eigenvalue weighted by Gasteiger charge is -2.35. The van der Waals surface area contributed by atoms with Crippen LogP contribution in [0.15, 0.2) is 64.4 Å². The van der Waals surface area contributed by atoms with E-state index in [1.807, 2.05) is 73.3 Å². The topological polar surface area (TPSA) is 86.6 Å². The van der Waals surface area contributed by atoms with E-state index >= 15 is 0 Å². The summed E-state index contributed by atoms with van der Waals surface area (Å²) < 4.78 is 2.54. The zero-order valence-electron chi connectivity index (χ0n) is 20.6. The van der Waals surface area contributed by atoms with Crippen molar-refractivity contribution in [3.05, 3.63) is 70.5 Å². The van der Waals surface area contributed by atoms with Gasteiger partial charge in [-0.3, -0.25) is 24.6 Å². The number of thiazole rings is 1. The molecule has 1 saturated heterocycles. The molecule has 1 N–H and O–H groups in total. The van der Waals surface area contributed by atoms with E-state index in [1.54, 1.807) is 6.21 Å². The molecule has 0 aliphatic carbocycles. The van der Waals surface area contributed by atoms with E-state index < -0.39 is 0 Å². The average Bonchev–Trinajstić information content (AvgIpc) is 3.48. The molecule has 0 unspecified atom stereocenters. The lowest BCUT2D eigenvalue weighted by Crippen LogP contribution is -2.50. The van der Waals surface area contributed by atoms with Gasteiger partial charge in [0.15, 0.2) is 0 Å². The van der Waals surface area contributed by atoms with Crippen molar-refractivity contribution in [3.63, 3.8) is 0 Å². The number of fused-ring (bicyclic) bond motifs is 1. The molecule has 186 valence electrons. The summed E-state index contributed by atoms with van der Waals surface area (Å²) in [6.45, 7) is 8.45. The number of amides is 1. The summed E-state index contributed by atoms with van der Waals surface area (Å²) >= 11 is 1.47. The summed E-state index contributed by atoms with van der Waals surface area (Å²) in [6, 6.07) is 17.7. The zero-order valence-corrected chi connectivity index (χ0v) is 21.4. The minimum absolute atomic E-state index is 0.0353. The molecule has 0 spiro atoms. The molecule has 2 aromatic heterocycles. The van der Waals surface area contributed by atoms with Gasteiger partial charge in [-0.05, 0) is 12.1 Å². The second-order valence-corrected chi connectivity index (χ2v) is 10.2. The molecule has 0 saturated carbocycles. The largest absolute Gasteiger partial charge is 0.340 e. The highest BCUT2D eigenvalue weighted by Crippen LogP contribution is 2.25. The van der Waals surface area contributed by atoms with Crippen LogP contribution in [0.25, 0.3) is 26.6 Å². The summed E-state index contributed by atoms with van der Waals surface area (Å²) in [4.78, 5) is 39.2. The Kier molecular flexibility index (Phi) is 7.11. The summed E-state index contributed by atoms with van der Waals surface area (Å²) in [6.07, 6.45) is 1.68. The maximum Gasteiger partial charge on any atom is 0.282 e. The van der Waals surface area contributed by atoms with Crippen molar-refractivity contribution in [2.45, 2.75) is 13.8 Å². The Hall–Kier alpha value is -3.56. The van der Waals surface area contributed by atoms with E-state index in [0.29, 0.717) is 17.2 Å². The Bertz CT molecular complexity index is 1390. The highest BCUT2D eigenvalue weighted by molar-refractivity contribution is 7.20. The normalized spacial score (nSPS) is 14.9. The van der Waals surface area contributed by atoms with E-state index in [1.165, 1.54) is 16.0 Å². The number of aromatic amines is 1. The van der Waals surface area contributed by atoms with Gasteiger partial charge in [0.1, 0.15) is 0 Å². The van der Waals surface area contributed by atoms with Crippen molar-refractivity contribution in [1.29, 1.82) is 0 Å². The molecule has 0 atom stereocenters. The van der Waals surface area contributed by atoms with Crippen LogP contribution in [-0.4, -0.2) is 76.0 Å². The first-order valence-electron chi connectivity index (χ1n) is 12.3. The summed E-state index contributed by atoms with van der Waals surface area (Å²) in [7, 11) is 0. The van der Waals surface area contributed by atoms with Crippen molar-refractivity contribution in [2.24, 2.45) is 10.9 Å². The highest BCUT2D eigenvalue weighted by atomic mass is 32.1. The van der Waals surface area contributed by atoms with Gasteiger partial charge in [0.25, 0.3) is 5.56 Å². The standard InChI is InChI=1S/C27H30N6O2S/c1-19(2)25(34)32-16-14-31(15-17-32)13-12-28-18-21-24(20-8-4-3-5-9-20)30-33(26(21)35)27-29-22-10-6-7-11-23(22)36-27/h3-11,18-19,30H,12-17H2,1-2H3. The molecule has 1 fully saturated rings. The van der Waals surface area contributed by atoms with Crippen molar-refractivity contribution in [2.75, 3.05) is 39.3 Å². The van der Waals surface area contributed by atoms with Gasteiger partial charge in [0.2, 0.25) is 11.0 Å². The highest BCUT2D eigenvalue weighted by Gasteiger charge is 2.22. The number of para-hydroxylation sites is 1. The van der Waals surface area contributed by atoms with Crippen LogP contribution in [0.3, 0.4) is 0 Å². The van der Waals surface area contributed by atoms with Gasteiger partial charge in [0, 0.05) is 50.4 Å². The van der Waals surface area contributed by atoms with Gasteiger partial charge < -0.3 is 4.90 Å². The number of aromatic nitrogens is 3. The number of hydrogen-bond donors (Lipinski definition) is 1. The van der Waals surface area contributed by atoms with Crippen LogP contribution in [0, 0.1) is 5.92 Å². The lowest BCUT2D eigenvalue weighted by atomic mass is 10.1. The van der Waals surface area contributed by atoms with Crippen LogP contribution in [0.2, 0.25) is 0 Å². The fourth-order valence-corrected chi connectivity index (χ4v) is 5.32. The zero-order chi connectivity index (χ0) is 25.1. The number of piperazine rings is 1. The fraction of sp³-hybridized carbons (Fsp3) is 0.333. The quantitative estimate of drug-likeness (QED) is 0.391. The number of aliphatic imine (C=N–C) groups is 1. The Balaban J connectivity index is 1.33. The molecular formula is C27H30N6O2S. The Morgan fingerprint density at radius 2 is 1.81 bits per heavy atom. The lowest BCUT2D eigenvalue weighted by molar-refractivity contribution is -0.136. The van der Waals surface area contributed by atoms with E-state index in [-0.39, 0.29) is 17.4 Å². The van der Waals surface area contributed by atoms with Crippen LogP contribution in [0.1, 0.15) is 19.4 Å². The van der Waals surface area contributed by atoms with Gasteiger partial charge in [-0.25, -0.2) is 4.98 Å². The molecule has 4 aromatic rings. The molecular weight excluding hydrogens is 472 g/mol. The van der Waals surface area contributed by atoms with Crippen LogP contribution in [0.5, 0.6) is 0 Å². The molecule has 0 bridgehead atoms. The SMILES string of the molecule is CC(C)C(=O)N1CCN(CCN=Cc2c(-c3ccccc3)[nH]n(-c3nc4ccccc4s3)c2=O)CC1. The number of benzene rings is 2. The predicted molar refractivity (Wildman–Crippen MR) is 145 cm³/mol. The number of rotatable bonds is 7. The molecule has 5 rings (SSSR count). The molecule has 1 aliphatic heterocycles. The number of H-pyrrole nitrogens is 1. The summed E-state index contributed by atoms with van der Waals surface area (Å²) in [5, 5.41) is 3.87. The number of nitrogens with zero attached hydrogens (tertiary/aromatic N) is 5. The smallest absolute Gasteiger partial charge is 0.282 e. The Labute approximate surface area is 213 Å². The molecule has 0 radical (unpaired) electrons. The van der Waals surface area contributed by atoms with Gasteiger partial charge in [-0.1, -0.05) is 67.6 Å². The monoisotopic (exact) mass is 502 g/mol. The maximum absolute atomic E-state index is 13.5. The molecule has 1 aliphatic rings. The van der Waals surface area contributed by atoms with Crippen molar-refractivity contribution < 1.29 is 4.79 Å². The van der Waals surface area contributed by atoms with Crippen molar-refractivity contribution in [3.8, 4) is 16.4 Å². The van der Waals surface area contributed by atoms with Crippen LogP contribution in [0.4, 0.5) is 0 Å². The molecule has 9 heteroatoms. The summed E-state index contributed by atoms with van der Waals surface area (Å²) in [5.74, 6) is 0.256. The van der Waals surface area contributed by atoms with Gasteiger partial charge in [-0.15, -0.1) is 0 Å². The maximum atomic E-state index is 13.5. The Morgan fingerprint density at radius 1 is 1.08 bits per heavy atom. The number of carbonyl (C=O) groups excluding carboxylic acids is 1. The molecule has 1 amide bonds. The molecule has 3 heterocycles. The van der Waals surface area contributed by atoms with E-state index in [9.17, 15) is 9.59 Å². The first-order chi connectivity index (χ1) is 17.5. The minimum atomic E-state index is -0.169. The summed E-state index contributed by atoms with van der Waals surface area (Å²) in [5.41, 5.74) is 2.86. The molecule has 8 nitrogen and oxygen atoms in total. The second kappa shape index (κ2) is 10.6. The van der Waals surface area contributed by atoms with E-state index in [0.717, 1.165) is 54.2 Å². The number of hydrogen-bond acceptors (Lipinski definition) is 6. The van der Waals surface area contributed by atoms with E-state index in [2.05, 4.69) is 20.0 Å². The van der Waals surface area contributed by atoms with Gasteiger partial charge >= 0.3 is 0 Å². The average molecular weight is 503 g/mol. The molecule has 2 aromatic carbocycles. The molecule has 36 heavy (non-hydrogen) atoms. The third-order valence-electron chi connectivity index (χ3n) is 6.41. The third-order valence-corrected chi connectivity index (χ3v) is 7.43. The number of nitrogens with one attached hydrogen (secondary N) is 1. The Morgan fingerprint density at radius 3 is 2.53 bits per heavy atom. The van der Waals surface area contributed by atoms with Gasteiger partial charge in [0.05, 0.1) is 28.0 Å². The first kappa shape index (κ1) is 24.1. The van der Waals surface area contributed by atoms with Crippen LogP contribution >= 0.6 is 11.3 Å². The third kappa shape index (κ3) is 5.03. The first-order valence-corrected chi connectivity index (χ1v) is 13.1. The van der Waals surface area contributed by atoms with Gasteiger partial charge in [-0.2, -0.15) is 4.68 Å². The van der Waals surface area contributed by atoms with Crippen LogP contribution in [-0.2, 0) is 4.79 Å². The minimum Gasteiger partial charge on any atom is -0.340 e. The fourth-order valence-electron chi connectivity index (χ4n) is 4.40.